The van der Waals surface area contributed by atoms with Crippen molar-refractivity contribution in [1.82, 2.24) is 0 Å². The van der Waals surface area contributed by atoms with Crippen molar-refractivity contribution in [3.63, 3.8) is 0 Å². The molecule has 0 fully saturated rings. The first kappa shape index (κ1) is 9.83. The number of nitrogens with two attached hydrogens (primary N) is 1. The molecule has 0 aliphatic heterocycles. The van der Waals surface area contributed by atoms with Crippen molar-refractivity contribution >= 4 is 16.5 Å². The molecule has 0 amide bonds. The molecule has 0 saturated carbocycles. The van der Waals surface area contributed by atoms with Crippen LogP contribution in [-0.4, -0.2) is 0 Å². The Morgan fingerprint density at radius 3 is 2.13 bits per heavy atom. The summed E-state index contributed by atoms with van der Waals surface area (Å²) in [6.45, 7) is 0. The van der Waals surface area contributed by atoms with E-state index in [1.807, 2.05) is 0 Å². The predicted octanol–water partition coefficient (Wildman–Crippen LogP) is 3.44. The summed E-state index contributed by atoms with van der Waals surface area (Å²) in [6, 6.07) is 8.53. The van der Waals surface area contributed by atoms with Gasteiger partial charge in [0.15, 0.2) is 0 Å². The Morgan fingerprint density at radius 2 is 1.47 bits per heavy atom. The molecule has 0 aliphatic carbocycles. The molecule has 0 saturated heterocycles. The van der Waals surface area contributed by atoms with E-state index >= 15 is 0 Å². The minimum absolute atomic E-state index is 0.144. The number of anilines is 1. The van der Waals surface area contributed by atoms with Crippen LogP contribution in [0.1, 0.15) is 5.56 Å². The Labute approximate surface area is 84.3 Å². The SMILES string of the molecule is Nc1cccc2c(C(F)(F)F)cccc12. The molecule has 0 atom stereocenters. The molecular formula is C11H8F3N. The van der Waals surface area contributed by atoms with Crippen molar-refractivity contribution < 1.29 is 13.2 Å². The van der Waals surface area contributed by atoms with Gasteiger partial charge >= 0.3 is 6.18 Å². The van der Waals surface area contributed by atoms with Crippen LogP contribution in [0, 0.1) is 0 Å². The van der Waals surface area contributed by atoms with E-state index in [2.05, 4.69) is 0 Å². The molecule has 2 N–H and O–H groups in total. The highest BCUT2D eigenvalue weighted by Crippen LogP contribution is 2.35. The lowest BCUT2D eigenvalue weighted by atomic mass is 10.0. The second kappa shape index (κ2) is 3.15. The van der Waals surface area contributed by atoms with Gasteiger partial charge in [-0.15, -0.1) is 0 Å². The lowest BCUT2D eigenvalue weighted by molar-refractivity contribution is -0.136. The van der Waals surface area contributed by atoms with Gasteiger partial charge in [-0.25, -0.2) is 0 Å². The molecule has 0 bridgehead atoms. The maximum absolute atomic E-state index is 12.6. The van der Waals surface area contributed by atoms with Gasteiger partial charge in [0.1, 0.15) is 0 Å². The molecule has 0 aromatic heterocycles. The number of benzene rings is 2. The highest BCUT2D eigenvalue weighted by atomic mass is 19.4. The minimum Gasteiger partial charge on any atom is -0.398 e. The third-order valence-corrected chi connectivity index (χ3v) is 2.26. The van der Waals surface area contributed by atoms with Gasteiger partial charge in [0.05, 0.1) is 5.56 Å². The van der Waals surface area contributed by atoms with Crippen LogP contribution in [0.5, 0.6) is 0 Å². The maximum atomic E-state index is 12.6. The van der Waals surface area contributed by atoms with Crippen LogP contribution in [0.4, 0.5) is 18.9 Å². The molecular weight excluding hydrogens is 203 g/mol. The normalized spacial score (nSPS) is 11.9. The number of rotatable bonds is 0. The standard InChI is InChI=1S/C11H8F3N/c12-11(13,14)9-5-1-4-8-7(9)3-2-6-10(8)15/h1-6H,15H2. The van der Waals surface area contributed by atoms with Crippen LogP contribution < -0.4 is 5.73 Å². The van der Waals surface area contributed by atoms with Crippen molar-refractivity contribution in [3.8, 4) is 0 Å². The van der Waals surface area contributed by atoms with Gasteiger partial charge in [0.25, 0.3) is 0 Å². The smallest absolute Gasteiger partial charge is 0.398 e. The molecule has 2 aromatic rings. The largest absolute Gasteiger partial charge is 0.417 e. The van der Waals surface area contributed by atoms with Gasteiger partial charge in [-0.1, -0.05) is 24.3 Å². The summed E-state index contributed by atoms with van der Waals surface area (Å²) in [4.78, 5) is 0. The van der Waals surface area contributed by atoms with Crippen LogP contribution >= 0.6 is 0 Å². The van der Waals surface area contributed by atoms with E-state index in [1.165, 1.54) is 18.2 Å². The quantitative estimate of drug-likeness (QED) is 0.663. The topological polar surface area (TPSA) is 26.0 Å². The van der Waals surface area contributed by atoms with Crippen LogP contribution in [0.15, 0.2) is 36.4 Å². The van der Waals surface area contributed by atoms with Gasteiger partial charge < -0.3 is 5.73 Å². The van der Waals surface area contributed by atoms with Gasteiger partial charge in [0, 0.05) is 11.1 Å². The third kappa shape index (κ3) is 1.63. The molecule has 78 valence electrons. The Kier molecular flexibility index (Phi) is 2.07. The second-order valence-corrected chi connectivity index (χ2v) is 3.25. The fourth-order valence-corrected chi connectivity index (χ4v) is 1.58. The van der Waals surface area contributed by atoms with E-state index in [0.29, 0.717) is 11.1 Å². The highest BCUT2D eigenvalue weighted by molar-refractivity contribution is 5.95. The molecule has 0 unspecified atom stereocenters. The van der Waals surface area contributed by atoms with Crippen LogP contribution in [-0.2, 0) is 6.18 Å². The Hall–Kier alpha value is -1.71. The Balaban J connectivity index is 2.83. The first-order chi connectivity index (χ1) is 7.00. The molecule has 2 aromatic carbocycles. The molecule has 1 nitrogen and oxygen atoms in total. The Bertz CT molecular complexity index is 503. The van der Waals surface area contributed by atoms with Crippen LogP contribution in [0.2, 0.25) is 0 Å². The lowest BCUT2D eigenvalue weighted by Crippen LogP contribution is -2.05. The summed E-state index contributed by atoms with van der Waals surface area (Å²) in [5.74, 6) is 0. The zero-order valence-electron chi connectivity index (χ0n) is 7.68. The molecule has 0 heterocycles. The van der Waals surface area contributed by atoms with E-state index in [9.17, 15) is 13.2 Å². The number of nitrogen functional groups attached to an aromatic ring is 1. The number of alkyl halides is 3. The van der Waals surface area contributed by atoms with Crippen molar-refractivity contribution in [2.75, 3.05) is 5.73 Å². The fourth-order valence-electron chi connectivity index (χ4n) is 1.58. The average molecular weight is 211 g/mol. The fraction of sp³-hybridized carbons (Fsp3) is 0.0909. The monoisotopic (exact) mass is 211 g/mol. The van der Waals surface area contributed by atoms with Gasteiger partial charge in [-0.2, -0.15) is 13.2 Å². The summed E-state index contributed by atoms with van der Waals surface area (Å²) < 4.78 is 37.8. The van der Waals surface area contributed by atoms with E-state index in [-0.39, 0.29) is 5.39 Å². The molecule has 0 radical (unpaired) electrons. The van der Waals surface area contributed by atoms with E-state index < -0.39 is 11.7 Å². The zero-order valence-corrected chi connectivity index (χ0v) is 7.68. The number of hydrogen-bond donors (Lipinski definition) is 1. The second-order valence-electron chi connectivity index (χ2n) is 3.25. The molecule has 15 heavy (non-hydrogen) atoms. The number of hydrogen-bond acceptors (Lipinski definition) is 1. The molecule has 0 aliphatic rings. The van der Waals surface area contributed by atoms with Gasteiger partial charge in [0.2, 0.25) is 0 Å². The van der Waals surface area contributed by atoms with Crippen molar-refractivity contribution in [3.05, 3.63) is 42.0 Å². The van der Waals surface area contributed by atoms with Crippen LogP contribution in [0.25, 0.3) is 10.8 Å². The molecule has 0 spiro atoms. The van der Waals surface area contributed by atoms with E-state index in [0.717, 1.165) is 6.07 Å². The zero-order chi connectivity index (χ0) is 11.1. The minimum atomic E-state index is -4.34. The van der Waals surface area contributed by atoms with Gasteiger partial charge in [-0.05, 0) is 17.5 Å². The van der Waals surface area contributed by atoms with Gasteiger partial charge in [-0.3, -0.25) is 0 Å². The first-order valence-corrected chi connectivity index (χ1v) is 4.34. The number of fused-ring (bicyclic) bond motifs is 1. The first-order valence-electron chi connectivity index (χ1n) is 4.34. The highest BCUT2D eigenvalue weighted by Gasteiger charge is 2.32. The summed E-state index contributed by atoms with van der Waals surface area (Å²) in [5.41, 5.74) is 5.31. The summed E-state index contributed by atoms with van der Waals surface area (Å²) >= 11 is 0. The van der Waals surface area contributed by atoms with Crippen molar-refractivity contribution in [1.29, 1.82) is 0 Å². The van der Waals surface area contributed by atoms with Crippen molar-refractivity contribution in [2.24, 2.45) is 0 Å². The predicted molar refractivity (Wildman–Crippen MR) is 53.4 cm³/mol. The van der Waals surface area contributed by atoms with E-state index in [1.54, 1.807) is 12.1 Å². The average Bonchev–Trinajstić information content (AvgIpc) is 2.16. The number of halogens is 3. The maximum Gasteiger partial charge on any atom is 0.417 e. The molecule has 4 heteroatoms. The third-order valence-electron chi connectivity index (χ3n) is 2.26. The summed E-state index contributed by atoms with van der Waals surface area (Å²) in [6.07, 6.45) is -4.34. The van der Waals surface area contributed by atoms with E-state index in [4.69, 9.17) is 5.73 Å². The lowest BCUT2D eigenvalue weighted by Gasteiger charge is -2.10. The van der Waals surface area contributed by atoms with Crippen LogP contribution in [0.3, 0.4) is 0 Å². The Morgan fingerprint density at radius 1 is 0.867 bits per heavy atom. The molecule has 2 rings (SSSR count). The van der Waals surface area contributed by atoms with Crippen molar-refractivity contribution in [2.45, 2.75) is 6.18 Å². The summed E-state index contributed by atoms with van der Waals surface area (Å²) in [7, 11) is 0. The summed E-state index contributed by atoms with van der Waals surface area (Å²) in [5, 5.41) is 0.581.